The third kappa shape index (κ3) is 5.23. The second kappa shape index (κ2) is 7.30. The molecular weight excluding hydrogens is 300 g/mol. The first kappa shape index (κ1) is 17.7. The van der Waals surface area contributed by atoms with E-state index in [-0.39, 0.29) is 0 Å². The quantitative estimate of drug-likeness (QED) is 0.452. The summed E-state index contributed by atoms with van der Waals surface area (Å²) in [6, 6.07) is 14.2. The van der Waals surface area contributed by atoms with Gasteiger partial charge in [0.1, 0.15) is 5.60 Å². The summed E-state index contributed by atoms with van der Waals surface area (Å²) in [5, 5.41) is 7.89. The molecule has 24 heavy (non-hydrogen) atoms. The minimum Gasteiger partial charge on any atom is -0.442 e. The Morgan fingerprint density at radius 1 is 1.21 bits per heavy atom. The van der Waals surface area contributed by atoms with Crippen molar-refractivity contribution >= 4 is 23.1 Å². The van der Waals surface area contributed by atoms with Gasteiger partial charge in [-0.25, -0.2) is 4.79 Å². The molecule has 1 amide bonds. The number of benzene rings is 2. The fraction of sp³-hybridized carbons (Fsp3) is 0.300. The van der Waals surface area contributed by atoms with Crippen LogP contribution in [0.1, 0.15) is 33.3 Å². The summed E-state index contributed by atoms with van der Waals surface area (Å²) in [5.74, 6) is 0. The zero-order valence-corrected chi connectivity index (χ0v) is 14.7. The number of rotatable bonds is 4. The Morgan fingerprint density at radius 3 is 2.50 bits per heavy atom. The molecule has 0 bridgehead atoms. The van der Waals surface area contributed by atoms with Crippen molar-refractivity contribution < 1.29 is 9.53 Å². The molecule has 2 rings (SSSR count). The normalized spacial score (nSPS) is 11.7. The van der Waals surface area contributed by atoms with Crippen LogP contribution in [0.15, 0.2) is 59.7 Å². The van der Waals surface area contributed by atoms with Gasteiger partial charge in [0.25, 0.3) is 0 Å². The van der Waals surface area contributed by atoms with E-state index in [2.05, 4.69) is 17.7 Å². The van der Waals surface area contributed by atoms with E-state index >= 15 is 0 Å². The summed E-state index contributed by atoms with van der Waals surface area (Å²) in [6.45, 7) is 11.5. The van der Waals surface area contributed by atoms with Gasteiger partial charge in [-0.2, -0.15) is 10.1 Å². The van der Waals surface area contributed by atoms with E-state index in [1.807, 2.05) is 64.1 Å². The van der Waals surface area contributed by atoms with Crippen molar-refractivity contribution in [1.29, 1.82) is 0 Å². The number of hydrazone groups is 1. The van der Waals surface area contributed by atoms with Crippen LogP contribution in [0.5, 0.6) is 0 Å². The Bertz CT molecular complexity index is 773. The summed E-state index contributed by atoms with van der Waals surface area (Å²) in [4.78, 5) is 12.3. The third-order valence-corrected chi connectivity index (χ3v) is 3.14. The molecule has 0 aliphatic rings. The lowest BCUT2D eigenvalue weighted by molar-refractivity contribution is 0.0273. The Labute approximate surface area is 143 Å². The van der Waals surface area contributed by atoms with Gasteiger partial charge in [0.2, 0.25) is 0 Å². The van der Waals surface area contributed by atoms with Crippen molar-refractivity contribution in [1.82, 2.24) is 5.01 Å². The van der Waals surface area contributed by atoms with Gasteiger partial charge in [-0.3, -0.25) is 0 Å². The van der Waals surface area contributed by atoms with Crippen LogP contribution < -0.4 is 0 Å². The number of ether oxygens (including phenoxy) is 1. The highest BCUT2D eigenvalue weighted by Crippen LogP contribution is 2.15. The van der Waals surface area contributed by atoms with Crippen molar-refractivity contribution in [3.8, 4) is 0 Å². The predicted octanol–water partition coefficient (Wildman–Crippen LogP) is 4.99. The van der Waals surface area contributed by atoms with Gasteiger partial charge in [0.15, 0.2) is 0 Å². The second-order valence-corrected chi connectivity index (χ2v) is 6.85. The Balaban J connectivity index is 2.21. The number of hydrogen-bond donors (Lipinski definition) is 0. The Kier molecular flexibility index (Phi) is 5.39. The minimum atomic E-state index is -0.567. The maximum atomic E-state index is 12.3. The van der Waals surface area contributed by atoms with Gasteiger partial charge < -0.3 is 4.74 Å². The molecule has 4 nitrogen and oxygen atoms in total. The van der Waals surface area contributed by atoms with Gasteiger partial charge in [-0.1, -0.05) is 48.6 Å². The smallest absolute Gasteiger partial charge is 0.431 e. The van der Waals surface area contributed by atoms with Crippen LogP contribution in [-0.4, -0.2) is 29.5 Å². The molecule has 2 aromatic carbocycles. The standard InChI is InChI=1S/C20H24N2O2/c1-15(2)14-22(19(23)24-20(3,4)5)21-13-16-10-11-17-8-6-7-9-18(17)12-16/h6-13H,1,14H2,2-5H3/b21-13+. The van der Waals surface area contributed by atoms with Gasteiger partial charge in [0.05, 0.1) is 12.8 Å². The molecule has 0 saturated carbocycles. The topological polar surface area (TPSA) is 41.9 Å². The highest BCUT2D eigenvalue weighted by atomic mass is 16.6. The first-order valence-electron chi connectivity index (χ1n) is 7.92. The lowest BCUT2D eigenvalue weighted by Crippen LogP contribution is -2.34. The Morgan fingerprint density at radius 2 is 1.88 bits per heavy atom. The zero-order valence-electron chi connectivity index (χ0n) is 14.7. The summed E-state index contributed by atoms with van der Waals surface area (Å²) in [6.07, 6.45) is 1.18. The van der Waals surface area contributed by atoms with Crippen LogP contribution in [0.25, 0.3) is 10.8 Å². The van der Waals surface area contributed by atoms with E-state index < -0.39 is 11.7 Å². The average Bonchev–Trinajstić information content (AvgIpc) is 2.49. The maximum absolute atomic E-state index is 12.3. The molecule has 0 unspecified atom stereocenters. The number of hydrogen-bond acceptors (Lipinski definition) is 3. The van der Waals surface area contributed by atoms with E-state index in [0.717, 1.165) is 16.5 Å². The third-order valence-electron chi connectivity index (χ3n) is 3.14. The van der Waals surface area contributed by atoms with Crippen LogP contribution >= 0.6 is 0 Å². The summed E-state index contributed by atoms with van der Waals surface area (Å²) >= 11 is 0. The molecule has 0 heterocycles. The monoisotopic (exact) mass is 324 g/mol. The van der Waals surface area contributed by atoms with Crippen molar-refractivity contribution in [3.05, 3.63) is 60.2 Å². The SMILES string of the molecule is C=C(C)CN(/N=C/c1ccc2ccccc2c1)C(=O)OC(C)(C)C. The number of amides is 1. The molecule has 0 radical (unpaired) electrons. The zero-order chi connectivity index (χ0) is 17.7. The molecule has 0 N–H and O–H groups in total. The molecule has 0 aliphatic carbocycles. The van der Waals surface area contributed by atoms with Crippen molar-refractivity contribution in [2.24, 2.45) is 5.10 Å². The highest BCUT2D eigenvalue weighted by Gasteiger charge is 2.21. The average molecular weight is 324 g/mol. The molecule has 0 saturated heterocycles. The summed E-state index contributed by atoms with van der Waals surface area (Å²) in [5.41, 5.74) is 1.18. The number of fused-ring (bicyclic) bond motifs is 1. The van der Waals surface area contributed by atoms with Gasteiger partial charge in [0, 0.05) is 0 Å². The number of nitrogens with zero attached hydrogens (tertiary/aromatic N) is 2. The van der Waals surface area contributed by atoms with E-state index in [9.17, 15) is 4.79 Å². The number of carbonyl (C=O) groups is 1. The molecule has 0 aliphatic heterocycles. The van der Waals surface area contributed by atoms with Crippen LogP contribution in [0.2, 0.25) is 0 Å². The number of carbonyl (C=O) groups excluding carboxylic acids is 1. The molecular formula is C20H24N2O2. The first-order chi connectivity index (χ1) is 11.2. The van der Waals surface area contributed by atoms with E-state index in [1.54, 1.807) is 6.21 Å². The van der Waals surface area contributed by atoms with E-state index in [0.29, 0.717) is 6.54 Å². The van der Waals surface area contributed by atoms with Crippen LogP contribution in [0.4, 0.5) is 4.79 Å². The van der Waals surface area contributed by atoms with Crippen molar-refractivity contribution in [2.75, 3.05) is 6.54 Å². The highest BCUT2D eigenvalue weighted by molar-refractivity contribution is 5.90. The lowest BCUT2D eigenvalue weighted by atomic mass is 10.1. The largest absolute Gasteiger partial charge is 0.442 e. The van der Waals surface area contributed by atoms with Gasteiger partial charge in [-0.15, -0.1) is 0 Å². The van der Waals surface area contributed by atoms with Crippen LogP contribution in [-0.2, 0) is 4.74 Å². The summed E-state index contributed by atoms with van der Waals surface area (Å²) < 4.78 is 5.39. The van der Waals surface area contributed by atoms with Crippen LogP contribution in [0, 0.1) is 0 Å². The van der Waals surface area contributed by atoms with Crippen molar-refractivity contribution in [3.63, 3.8) is 0 Å². The van der Waals surface area contributed by atoms with E-state index in [1.165, 1.54) is 10.4 Å². The molecule has 4 heteroatoms. The lowest BCUT2D eigenvalue weighted by Gasteiger charge is -2.24. The van der Waals surface area contributed by atoms with Gasteiger partial charge >= 0.3 is 6.09 Å². The fourth-order valence-electron chi connectivity index (χ4n) is 2.15. The molecule has 0 atom stereocenters. The van der Waals surface area contributed by atoms with Gasteiger partial charge in [-0.05, 0) is 50.1 Å². The summed E-state index contributed by atoms with van der Waals surface area (Å²) in [7, 11) is 0. The molecule has 2 aromatic rings. The van der Waals surface area contributed by atoms with Crippen LogP contribution in [0.3, 0.4) is 0 Å². The second-order valence-electron chi connectivity index (χ2n) is 6.85. The Hall–Kier alpha value is -2.62. The molecule has 0 fully saturated rings. The molecule has 0 spiro atoms. The fourth-order valence-corrected chi connectivity index (χ4v) is 2.15. The predicted molar refractivity (Wildman–Crippen MR) is 99.3 cm³/mol. The first-order valence-corrected chi connectivity index (χ1v) is 7.92. The minimum absolute atomic E-state index is 0.318. The maximum Gasteiger partial charge on any atom is 0.431 e. The molecule has 126 valence electrons. The van der Waals surface area contributed by atoms with Crippen molar-refractivity contribution in [2.45, 2.75) is 33.3 Å². The van der Waals surface area contributed by atoms with E-state index in [4.69, 9.17) is 4.74 Å². The molecule has 0 aromatic heterocycles.